The Balaban J connectivity index is 0.988. The molecule has 13 aromatic carbocycles. The second kappa shape index (κ2) is 13.2. The molecule has 2 heterocycles. The third-order valence-corrected chi connectivity index (χ3v) is 16.2. The molecular weight excluding hydrogens is 833 g/mol. The van der Waals surface area contributed by atoms with Crippen molar-refractivity contribution < 1.29 is 0 Å². The van der Waals surface area contributed by atoms with Gasteiger partial charge in [0.25, 0.3) is 0 Å². The standard InChI is InChI=1S/C67H42N2/c1-67(2)55-23-9-7-21-50(55)51-32-30-46(38-56(51)67)68(60-37-44-17-11-15-40-25-26-41-16-12-22-53(60)62(41)61(40)44)57-24-10-8-18-47(57)43-29-33-58-54(36-43)52-31-27-45-35-42-14-4-6-20-49(42)65-63(45)66(52)69(58)59-34-28-39-13-3-5-19-48(39)64(59)65/h3-38H,1-2H3. The molecule has 0 amide bonds. The Morgan fingerprint density at radius 3 is 1.86 bits per heavy atom. The second-order valence-electron chi connectivity index (χ2n) is 20.0. The van der Waals surface area contributed by atoms with Gasteiger partial charge in [0, 0.05) is 49.0 Å². The van der Waals surface area contributed by atoms with Crippen LogP contribution in [0.15, 0.2) is 218 Å². The second-order valence-corrected chi connectivity index (χ2v) is 20.0. The number of rotatable bonds is 4. The van der Waals surface area contributed by atoms with Gasteiger partial charge in [-0.05, 0) is 130 Å². The highest BCUT2D eigenvalue weighted by Crippen LogP contribution is 2.54. The molecule has 0 atom stereocenters. The van der Waals surface area contributed by atoms with Crippen LogP contribution in [0, 0.1) is 0 Å². The molecule has 0 spiro atoms. The van der Waals surface area contributed by atoms with Gasteiger partial charge in [-0.1, -0.05) is 184 Å². The predicted molar refractivity (Wildman–Crippen MR) is 295 cm³/mol. The lowest BCUT2D eigenvalue weighted by atomic mass is 9.82. The van der Waals surface area contributed by atoms with Crippen molar-refractivity contribution in [3.05, 3.63) is 230 Å². The van der Waals surface area contributed by atoms with Crippen LogP contribution in [0.5, 0.6) is 0 Å². The van der Waals surface area contributed by atoms with Crippen LogP contribution in [0.1, 0.15) is 25.0 Å². The van der Waals surface area contributed by atoms with Crippen molar-refractivity contribution in [2.75, 3.05) is 4.90 Å². The monoisotopic (exact) mass is 874 g/mol. The number of para-hydroxylation sites is 1. The fourth-order valence-corrected chi connectivity index (χ4v) is 13.1. The molecule has 0 N–H and O–H groups in total. The van der Waals surface area contributed by atoms with Gasteiger partial charge in [0.2, 0.25) is 0 Å². The van der Waals surface area contributed by atoms with E-state index in [0.29, 0.717) is 0 Å². The van der Waals surface area contributed by atoms with Crippen LogP contribution < -0.4 is 4.90 Å². The van der Waals surface area contributed by atoms with E-state index in [9.17, 15) is 0 Å². The molecule has 1 aliphatic carbocycles. The summed E-state index contributed by atoms with van der Waals surface area (Å²) in [5, 5.41) is 20.5. The predicted octanol–water partition coefficient (Wildman–Crippen LogP) is 18.6. The molecule has 1 aliphatic rings. The lowest BCUT2D eigenvalue weighted by Crippen LogP contribution is -2.17. The summed E-state index contributed by atoms with van der Waals surface area (Å²) in [6.45, 7) is 4.77. The Morgan fingerprint density at radius 2 is 0.971 bits per heavy atom. The average molecular weight is 875 g/mol. The maximum Gasteiger partial charge on any atom is 0.0626 e. The van der Waals surface area contributed by atoms with Crippen molar-refractivity contribution in [1.82, 2.24) is 4.40 Å². The van der Waals surface area contributed by atoms with Gasteiger partial charge in [0.1, 0.15) is 0 Å². The number of hydrogen-bond acceptors (Lipinski definition) is 1. The Kier molecular flexibility index (Phi) is 7.18. The Hall–Kier alpha value is -8.72. The van der Waals surface area contributed by atoms with E-state index >= 15 is 0 Å². The van der Waals surface area contributed by atoms with Crippen LogP contribution in [0.25, 0.3) is 125 Å². The van der Waals surface area contributed by atoms with Crippen LogP contribution in [0.4, 0.5) is 17.1 Å². The molecule has 16 rings (SSSR count). The molecule has 0 bridgehead atoms. The van der Waals surface area contributed by atoms with Gasteiger partial charge in [-0.15, -0.1) is 0 Å². The lowest BCUT2D eigenvalue weighted by molar-refractivity contribution is 0.660. The third kappa shape index (κ3) is 4.85. The minimum Gasteiger partial charge on any atom is -0.309 e. The van der Waals surface area contributed by atoms with Crippen LogP contribution >= 0.6 is 0 Å². The fraction of sp³-hybridized carbons (Fsp3) is 0.0448. The molecule has 2 heteroatoms. The molecule has 0 saturated carbocycles. The number of aromatic nitrogens is 1. The average Bonchev–Trinajstić information content (AvgIpc) is 3.85. The minimum atomic E-state index is -0.156. The first kappa shape index (κ1) is 37.4. The molecule has 0 unspecified atom stereocenters. The summed E-state index contributed by atoms with van der Waals surface area (Å²) >= 11 is 0. The maximum absolute atomic E-state index is 2.56. The van der Waals surface area contributed by atoms with Crippen molar-refractivity contribution in [1.29, 1.82) is 0 Å². The van der Waals surface area contributed by atoms with E-state index in [-0.39, 0.29) is 5.41 Å². The molecule has 69 heavy (non-hydrogen) atoms. The van der Waals surface area contributed by atoms with E-state index in [1.54, 1.807) is 0 Å². The molecule has 0 radical (unpaired) electrons. The molecule has 2 aromatic heterocycles. The fourth-order valence-electron chi connectivity index (χ4n) is 13.1. The van der Waals surface area contributed by atoms with Crippen LogP contribution in [0.2, 0.25) is 0 Å². The van der Waals surface area contributed by atoms with Gasteiger partial charge < -0.3 is 9.30 Å². The van der Waals surface area contributed by atoms with Gasteiger partial charge in [-0.2, -0.15) is 0 Å². The third-order valence-electron chi connectivity index (χ3n) is 16.2. The zero-order valence-corrected chi connectivity index (χ0v) is 38.2. The first-order chi connectivity index (χ1) is 34.0. The van der Waals surface area contributed by atoms with Crippen LogP contribution in [-0.2, 0) is 5.41 Å². The summed E-state index contributed by atoms with van der Waals surface area (Å²) in [7, 11) is 0. The SMILES string of the molecule is CC1(C)c2ccccc2-c2ccc(N(c3ccccc3-c3ccc4c(c3)c3ccc5cc6ccccc6c6c7c8ccccc8ccc7n4c3c56)c3cc4cccc5ccc6cccc3c6c54)cc21. The molecule has 15 aromatic rings. The Bertz CT molecular complexity index is 4690. The van der Waals surface area contributed by atoms with Crippen LogP contribution in [-0.4, -0.2) is 4.40 Å². The number of hydrogen-bond donors (Lipinski definition) is 0. The van der Waals surface area contributed by atoms with Crippen molar-refractivity contribution in [2.45, 2.75) is 19.3 Å². The largest absolute Gasteiger partial charge is 0.309 e. The zero-order chi connectivity index (χ0) is 45.3. The zero-order valence-electron chi connectivity index (χ0n) is 38.2. The number of pyridine rings is 1. The molecule has 0 fully saturated rings. The van der Waals surface area contributed by atoms with E-state index < -0.39 is 0 Å². The Morgan fingerprint density at radius 1 is 0.333 bits per heavy atom. The molecular formula is C67H42N2. The topological polar surface area (TPSA) is 7.65 Å². The first-order valence-electron chi connectivity index (χ1n) is 24.3. The highest BCUT2D eigenvalue weighted by Gasteiger charge is 2.36. The first-order valence-corrected chi connectivity index (χ1v) is 24.3. The van der Waals surface area contributed by atoms with Crippen molar-refractivity contribution in [3.8, 4) is 22.3 Å². The summed E-state index contributed by atoms with van der Waals surface area (Å²) < 4.78 is 2.56. The quantitative estimate of drug-likeness (QED) is 0.126. The number of fused-ring (bicyclic) bond motifs is 13. The van der Waals surface area contributed by atoms with E-state index in [4.69, 9.17) is 0 Å². The van der Waals surface area contributed by atoms with Gasteiger partial charge in [-0.3, -0.25) is 0 Å². The van der Waals surface area contributed by atoms with Gasteiger partial charge in [0.05, 0.1) is 27.9 Å². The van der Waals surface area contributed by atoms with Crippen molar-refractivity contribution in [2.24, 2.45) is 0 Å². The van der Waals surface area contributed by atoms with Crippen LogP contribution in [0.3, 0.4) is 0 Å². The Labute approximate surface area is 398 Å². The van der Waals surface area contributed by atoms with Crippen molar-refractivity contribution in [3.63, 3.8) is 0 Å². The minimum absolute atomic E-state index is 0.156. The number of benzene rings is 13. The van der Waals surface area contributed by atoms with E-state index in [1.807, 2.05) is 0 Å². The maximum atomic E-state index is 2.56. The highest BCUT2D eigenvalue weighted by atomic mass is 15.1. The van der Waals surface area contributed by atoms with Crippen molar-refractivity contribution >= 4 is 120 Å². The normalized spacial score (nSPS) is 13.5. The van der Waals surface area contributed by atoms with Gasteiger partial charge in [0.15, 0.2) is 0 Å². The summed E-state index contributed by atoms with van der Waals surface area (Å²) in [5.41, 5.74) is 14.8. The molecule has 320 valence electrons. The van der Waals surface area contributed by atoms with Gasteiger partial charge >= 0.3 is 0 Å². The molecule has 0 saturated heterocycles. The van der Waals surface area contributed by atoms with E-state index in [1.165, 1.54) is 142 Å². The number of nitrogens with zero attached hydrogens (tertiary/aromatic N) is 2. The van der Waals surface area contributed by atoms with Gasteiger partial charge in [-0.25, -0.2) is 0 Å². The highest BCUT2D eigenvalue weighted by molar-refractivity contribution is 6.37. The summed E-state index contributed by atoms with van der Waals surface area (Å²) in [6.07, 6.45) is 0. The molecule has 0 aliphatic heterocycles. The van der Waals surface area contributed by atoms with E-state index in [2.05, 4.69) is 242 Å². The summed E-state index contributed by atoms with van der Waals surface area (Å²) in [6, 6.07) is 82.7. The molecule has 2 nitrogen and oxygen atoms in total. The van der Waals surface area contributed by atoms with E-state index in [0.717, 1.165) is 11.4 Å². The summed E-state index contributed by atoms with van der Waals surface area (Å²) in [4.78, 5) is 2.56. The lowest BCUT2D eigenvalue weighted by Gasteiger charge is -2.31. The summed E-state index contributed by atoms with van der Waals surface area (Å²) in [5.74, 6) is 0. The smallest absolute Gasteiger partial charge is 0.0626 e. The number of anilines is 3.